The fraction of sp³-hybridized carbons (Fsp3) is 0.0606. The third kappa shape index (κ3) is 24.6. The number of hydrogen-bond donors (Lipinski definition) is 6. The number of nitrogens with zero attached hydrogens (tertiary/aromatic N) is 16. The predicted molar refractivity (Wildman–Crippen MR) is 486 cm³/mol. The first-order valence-corrected chi connectivity index (χ1v) is 39.9. The van der Waals surface area contributed by atoms with Crippen LogP contribution in [0, 0.1) is 0 Å². The Morgan fingerprint density at radius 2 is 0.573 bits per heavy atom. The molecule has 0 amide bonds. The van der Waals surface area contributed by atoms with Crippen LogP contribution in [0.5, 0.6) is 11.5 Å². The van der Waals surface area contributed by atoms with Crippen molar-refractivity contribution >= 4 is 41.5 Å². The SMILES string of the molecule is CC(F)Oc1ccc(-n2cc(-c3ccc(C(=O)O)cc3)cn2)cc1.CC(F)Oc1ccc(-n2cc(-c3cccc(C(=O)O)c3)cn2)cc1.CN(C)c1ccc(-n2cc(-c3ccc(C(=O)O)cc3)cn2)cc1.O=C(O)c1ccc(-c2cnn(-c3cccnc3)c2)cc1.O=C(O)c1cccc(-c2cnn(-c3ccccn3)c2)c1.O=C(O)c1cccc(-c2cnn(-c3cccnc3)c2)c1. The summed E-state index contributed by atoms with van der Waals surface area (Å²) >= 11 is 0. The van der Waals surface area contributed by atoms with Crippen LogP contribution in [-0.4, -0.2) is 167 Å². The summed E-state index contributed by atoms with van der Waals surface area (Å²) in [6, 6.07) is 75.2. The van der Waals surface area contributed by atoms with Gasteiger partial charge >= 0.3 is 35.8 Å². The van der Waals surface area contributed by atoms with Crippen molar-refractivity contribution in [3.05, 3.63) is 400 Å². The molecule has 0 fully saturated rings. The number of alkyl halides is 2. The van der Waals surface area contributed by atoms with E-state index >= 15 is 0 Å². The minimum absolute atomic E-state index is 0.224. The zero-order valence-corrected chi connectivity index (χ0v) is 70.2. The number of pyridine rings is 3. The molecule has 0 aliphatic carbocycles. The van der Waals surface area contributed by atoms with Gasteiger partial charge in [-0.2, -0.15) is 30.6 Å². The van der Waals surface area contributed by atoms with Gasteiger partial charge in [0.25, 0.3) is 0 Å². The van der Waals surface area contributed by atoms with Crippen LogP contribution in [0.2, 0.25) is 0 Å². The molecule has 0 radical (unpaired) electrons. The molecular formula is C99H80F2N16O14. The van der Waals surface area contributed by atoms with Gasteiger partial charge in [-0.1, -0.05) is 78.9 Å². The number of aromatic nitrogens is 15. The number of hydrogen-bond acceptors (Lipinski definition) is 18. The van der Waals surface area contributed by atoms with E-state index in [0.29, 0.717) is 17.3 Å². The van der Waals surface area contributed by atoms with E-state index in [0.717, 1.165) is 101 Å². The van der Waals surface area contributed by atoms with Crippen molar-refractivity contribution in [3.8, 4) is 113 Å². The van der Waals surface area contributed by atoms with Crippen molar-refractivity contribution in [1.29, 1.82) is 0 Å². The molecule has 32 heteroatoms. The minimum atomic E-state index is -1.37. The fourth-order valence-corrected chi connectivity index (χ4v) is 12.7. The number of ether oxygens (including phenoxy) is 2. The smallest absolute Gasteiger partial charge is 0.335 e. The fourth-order valence-electron chi connectivity index (χ4n) is 12.7. The first-order chi connectivity index (χ1) is 63.3. The number of rotatable bonds is 23. The lowest BCUT2D eigenvalue weighted by molar-refractivity contribution is 0.0686. The molecule has 0 aliphatic heterocycles. The third-order valence-electron chi connectivity index (χ3n) is 19.4. The predicted octanol–water partition coefficient (Wildman–Crippen LogP) is 19.1. The van der Waals surface area contributed by atoms with Crippen LogP contribution in [0.25, 0.3) is 101 Å². The Kier molecular flexibility index (Phi) is 29.6. The van der Waals surface area contributed by atoms with Crippen LogP contribution in [-0.2, 0) is 0 Å². The van der Waals surface area contributed by atoms with Crippen LogP contribution >= 0.6 is 0 Å². The van der Waals surface area contributed by atoms with Crippen molar-refractivity contribution in [3.63, 3.8) is 0 Å². The second-order valence-corrected chi connectivity index (χ2v) is 28.7. The average molecular weight is 1760 g/mol. The van der Waals surface area contributed by atoms with Gasteiger partial charge in [0.15, 0.2) is 5.82 Å². The zero-order chi connectivity index (χ0) is 92.5. The standard InChI is InChI=1S/2C18H15FN2O3.C18H17N3O2.3C15H11N3O2/c1-12(19)24-17-8-6-16(7-9-17)21-11-15(10-20-21)13-2-4-14(5-3-13)18(22)23;1-12(19)24-17-7-5-16(6-8-17)21-11-15(10-20-21)13-3-2-4-14(9-13)18(22)23;1-20(2)16-7-9-17(10-8-16)21-12-15(11-19-21)13-3-5-14(6-4-13)18(22)23;19-15(20)12-4-1-3-11(7-12)13-8-17-18(10-13)14-5-2-6-16-9-14;19-15(20)12-5-3-11(4-6-12)13-8-17-18(10-13)14-2-1-7-16-9-14;19-15(20)12-5-3-4-11(8-12)13-9-17-18(10-13)14-6-1-2-7-16-14/h2*2-12H,1H3,(H,22,23);3-12H,1-2H3,(H,22,23);3*1-10H,(H,19,20). The highest BCUT2D eigenvalue weighted by atomic mass is 19.1. The van der Waals surface area contributed by atoms with Crippen molar-refractivity contribution < 1.29 is 77.7 Å². The van der Waals surface area contributed by atoms with E-state index < -0.39 is 48.5 Å². The Labute approximate surface area is 746 Å². The summed E-state index contributed by atoms with van der Waals surface area (Å²) in [7, 11) is 4.00. The van der Waals surface area contributed by atoms with Gasteiger partial charge in [-0.05, 0) is 215 Å². The molecule has 0 bridgehead atoms. The number of benzene rings is 9. The van der Waals surface area contributed by atoms with Gasteiger partial charge in [-0.25, -0.2) is 70.6 Å². The van der Waals surface area contributed by atoms with Crippen molar-refractivity contribution in [2.24, 2.45) is 0 Å². The summed E-state index contributed by atoms with van der Waals surface area (Å²) < 4.78 is 45.8. The molecule has 654 valence electrons. The highest BCUT2D eigenvalue weighted by Crippen LogP contribution is 2.30. The lowest BCUT2D eigenvalue weighted by Gasteiger charge is -2.12. The third-order valence-corrected chi connectivity index (χ3v) is 19.4. The highest BCUT2D eigenvalue weighted by molar-refractivity contribution is 5.92. The van der Waals surface area contributed by atoms with Gasteiger partial charge in [0.05, 0.1) is 111 Å². The molecule has 18 aromatic rings. The number of aromatic carboxylic acids is 6. The largest absolute Gasteiger partial charge is 0.478 e. The van der Waals surface area contributed by atoms with E-state index in [-0.39, 0.29) is 33.4 Å². The lowest BCUT2D eigenvalue weighted by atomic mass is 10.1. The van der Waals surface area contributed by atoms with Gasteiger partial charge in [-0.3, -0.25) is 9.97 Å². The molecule has 30 nitrogen and oxygen atoms in total. The van der Waals surface area contributed by atoms with Gasteiger partial charge in [-0.15, -0.1) is 0 Å². The maximum absolute atomic E-state index is 12.8. The number of anilines is 1. The first kappa shape index (κ1) is 90.5. The van der Waals surface area contributed by atoms with Crippen LogP contribution < -0.4 is 14.4 Å². The Hall–Kier alpha value is -18.2. The highest BCUT2D eigenvalue weighted by Gasteiger charge is 2.16. The normalized spacial score (nSPS) is 11.0. The van der Waals surface area contributed by atoms with Gasteiger partial charge < -0.3 is 45.0 Å². The second-order valence-electron chi connectivity index (χ2n) is 28.7. The van der Waals surface area contributed by atoms with Crippen LogP contribution in [0.3, 0.4) is 0 Å². The van der Waals surface area contributed by atoms with Gasteiger partial charge in [0, 0.05) is 123 Å². The maximum atomic E-state index is 12.8. The number of carbonyl (C=O) groups is 6. The molecular weight excluding hydrogens is 1680 g/mol. The number of halogens is 2. The van der Waals surface area contributed by atoms with E-state index in [1.807, 2.05) is 135 Å². The summed E-state index contributed by atoms with van der Waals surface area (Å²) in [6.07, 6.45) is 27.2. The molecule has 0 saturated carbocycles. The van der Waals surface area contributed by atoms with E-state index in [1.54, 1.807) is 278 Å². The van der Waals surface area contributed by atoms with E-state index in [4.69, 9.17) is 40.1 Å². The summed E-state index contributed by atoms with van der Waals surface area (Å²) in [5.74, 6) is -4.05. The van der Waals surface area contributed by atoms with E-state index in [2.05, 4.69) is 45.5 Å². The molecule has 0 saturated heterocycles. The number of carboxylic acid groups (broad SMARTS) is 6. The van der Waals surface area contributed by atoms with Crippen LogP contribution in [0.1, 0.15) is 76.0 Å². The summed E-state index contributed by atoms with van der Waals surface area (Å²) in [5.41, 5.74) is 17.3. The molecule has 18 rings (SSSR count). The molecule has 6 N–H and O–H groups in total. The first-order valence-electron chi connectivity index (χ1n) is 39.9. The monoisotopic (exact) mass is 1750 g/mol. The minimum Gasteiger partial charge on any atom is -0.478 e. The van der Waals surface area contributed by atoms with E-state index in [1.165, 1.54) is 13.8 Å². The van der Waals surface area contributed by atoms with E-state index in [9.17, 15) is 37.5 Å². The molecule has 9 heterocycles. The van der Waals surface area contributed by atoms with Crippen LogP contribution in [0.15, 0.2) is 366 Å². The van der Waals surface area contributed by atoms with Crippen LogP contribution in [0.4, 0.5) is 14.5 Å². The molecule has 9 aromatic carbocycles. The Morgan fingerprint density at radius 1 is 0.282 bits per heavy atom. The molecule has 2 atom stereocenters. The topological polar surface area (TPSA) is 391 Å². The second kappa shape index (κ2) is 42.9. The molecule has 0 spiro atoms. The average Bonchev–Trinajstić information content (AvgIpc) is 1.72. The van der Waals surface area contributed by atoms with Crippen molar-refractivity contribution in [2.75, 3.05) is 19.0 Å². The molecule has 131 heavy (non-hydrogen) atoms. The molecule has 9 aromatic heterocycles. The van der Waals surface area contributed by atoms with Gasteiger partial charge in [0.2, 0.25) is 12.7 Å². The van der Waals surface area contributed by atoms with Gasteiger partial charge in [0.1, 0.15) is 11.5 Å². The summed E-state index contributed by atoms with van der Waals surface area (Å²) in [4.78, 5) is 80.0. The maximum Gasteiger partial charge on any atom is 0.335 e. The van der Waals surface area contributed by atoms with Crippen molar-refractivity contribution in [2.45, 2.75) is 26.6 Å². The molecule has 2 unspecified atom stereocenters. The van der Waals surface area contributed by atoms with Crippen molar-refractivity contribution in [1.82, 2.24) is 73.6 Å². The lowest BCUT2D eigenvalue weighted by Crippen LogP contribution is -2.08. The Bertz CT molecular complexity index is 6760. The number of carboxylic acids is 6. The Morgan fingerprint density at radius 3 is 0.847 bits per heavy atom. The molecule has 0 aliphatic rings. The zero-order valence-electron chi connectivity index (χ0n) is 70.2. The Balaban J connectivity index is 0.000000134. The quantitative estimate of drug-likeness (QED) is 0.0346. The summed E-state index contributed by atoms with van der Waals surface area (Å²) in [5, 5.41) is 79.6. The summed E-state index contributed by atoms with van der Waals surface area (Å²) in [6.45, 7) is 2.64.